The first-order valence-electron chi connectivity index (χ1n) is 7.88. The Morgan fingerprint density at radius 1 is 1.30 bits per heavy atom. The van der Waals surface area contributed by atoms with Crippen molar-refractivity contribution in [2.75, 3.05) is 0 Å². The average Bonchev–Trinajstić information content (AvgIpc) is 2.62. The quantitative estimate of drug-likeness (QED) is 0.599. The molecule has 0 bridgehead atoms. The average molecular weight is 298 g/mol. The van der Waals surface area contributed by atoms with Crippen LogP contribution in [0.4, 0.5) is 0 Å². The number of hydrogen-bond acceptors (Lipinski definition) is 2. The Hall–Kier alpha value is -0.570. The van der Waals surface area contributed by atoms with Crippen molar-refractivity contribution in [3.8, 4) is 0 Å². The van der Waals surface area contributed by atoms with Gasteiger partial charge in [-0.25, -0.2) is 8.57 Å². The Bertz CT molecular complexity index is 502. The molecule has 0 aromatic rings. The minimum absolute atomic E-state index is 0.302. The molecule has 0 unspecified atom stereocenters. The van der Waals surface area contributed by atoms with Gasteiger partial charge in [0.05, 0.1) is 9.73 Å². The highest BCUT2D eigenvalue weighted by molar-refractivity contribution is 7.98. The fourth-order valence-corrected chi connectivity index (χ4v) is 5.40. The van der Waals surface area contributed by atoms with E-state index in [4.69, 9.17) is 4.36 Å². The van der Waals surface area contributed by atoms with Gasteiger partial charge in [0, 0.05) is 9.65 Å². The Balaban J connectivity index is 3.39. The summed E-state index contributed by atoms with van der Waals surface area (Å²) in [5.41, 5.74) is -0.334. The molecule has 20 heavy (non-hydrogen) atoms. The fraction of sp³-hybridized carbons (Fsp3) is 0.765. The smallest absolute Gasteiger partial charge is 0.108 e. The monoisotopic (exact) mass is 297 g/mol. The second-order valence-corrected chi connectivity index (χ2v) is 9.67. The predicted molar refractivity (Wildman–Crippen MR) is 90.4 cm³/mol. The zero-order valence-corrected chi connectivity index (χ0v) is 14.8. The first kappa shape index (κ1) is 17.5. The normalized spacial score (nSPS) is 30.6. The first-order valence-corrected chi connectivity index (χ1v) is 9.39. The minimum Gasteiger partial charge on any atom is -0.244 e. The molecule has 0 aromatic carbocycles. The van der Waals surface area contributed by atoms with Gasteiger partial charge in [-0.15, -0.1) is 0 Å². The standard InChI is InChI=1S/C17H31NOS/c1-7-10-13-17(12-9-3)14-15(11-8-2)20(19,18-17)16(4,5)6/h9,12,14H,7-8,10-11,13H2,1-6H3/b12-9+/t17-,20-/m1/s1. The molecule has 2 nitrogen and oxygen atoms in total. The number of hydrogen-bond donors (Lipinski definition) is 0. The summed E-state index contributed by atoms with van der Waals surface area (Å²) in [6.45, 7) is 12.5. The van der Waals surface area contributed by atoms with Crippen molar-refractivity contribution in [1.29, 1.82) is 0 Å². The Morgan fingerprint density at radius 2 is 1.95 bits per heavy atom. The lowest BCUT2D eigenvalue weighted by molar-refractivity contribution is 0.560. The molecule has 0 fully saturated rings. The van der Waals surface area contributed by atoms with Crippen LogP contribution in [0.5, 0.6) is 0 Å². The summed E-state index contributed by atoms with van der Waals surface area (Å²) in [7, 11) is -2.30. The van der Waals surface area contributed by atoms with Crippen LogP contribution in [0.1, 0.15) is 73.6 Å². The van der Waals surface area contributed by atoms with Crippen LogP contribution in [0.15, 0.2) is 27.5 Å². The van der Waals surface area contributed by atoms with E-state index >= 15 is 0 Å². The highest BCUT2D eigenvalue weighted by Gasteiger charge is 2.40. The van der Waals surface area contributed by atoms with Gasteiger partial charge < -0.3 is 0 Å². The minimum atomic E-state index is -2.30. The van der Waals surface area contributed by atoms with E-state index in [0.717, 1.165) is 37.0 Å². The summed E-state index contributed by atoms with van der Waals surface area (Å²) in [6, 6.07) is 0. The molecular weight excluding hydrogens is 266 g/mol. The Morgan fingerprint density at radius 3 is 2.40 bits per heavy atom. The van der Waals surface area contributed by atoms with E-state index < -0.39 is 9.73 Å². The van der Waals surface area contributed by atoms with Crippen LogP contribution in [0, 0.1) is 0 Å². The molecule has 116 valence electrons. The summed E-state index contributed by atoms with van der Waals surface area (Å²) in [5, 5.41) is 0. The van der Waals surface area contributed by atoms with Crippen molar-refractivity contribution in [3.05, 3.63) is 23.1 Å². The molecule has 0 aromatic heterocycles. The highest BCUT2D eigenvalue weighted by Crippen LogP contribution is 2.42. The lowest BCUT2D eigenvalue weighted by atomic mass is 9.92. The molecular formula is C17H31NOS. The van der Waals surface area contributed by atoms with Crippen LogP contribution < -0.4 is 0 Å². The Labute approximate surface area is 125 Å². The van der Waals surface area contributed by atoms with Gasteiger partial charge in [0.1, 0.15) is 5.54 Å². The van der Waals surface area contributed by atoms with Crippen molar-refractivity contribution in [2.45, 2.75) is 83.9 Å². The van der Waals surface area contributed by atoms with E-state index in [1.165, 1.54) is 0 Å². The highest BCUT2D eigenvalue weighted by atomic mass is 32.2. The number of unbranched alkanes of at least 4 members (excludes halogenated alkanes) is 1. The van der Waals surface area contributed by atoms with E-state index in [1.807, 2.05) is 33.8 Å². The van der Waals surface area contributed by atoms with Gasteiger partial charge in [0.25, 0.3) is 0 Å². The van der Waals surface area contributed by atoms with Crippen molar-refractivity contribution in [3.63, 3.8) is 0 Å². The maximum Gasteiger partial charge on any atom is 0.108 e. The van der Waals surface area contributed by atoms with Crippen molar-refractivity contribution in [1.82, 2.24) is 0 Å². The maximum atomic E-state index is 13.5. The molecule has 1 rings (SSSR count). The third-order valence-corrected chi connectivity index (χ3v) is 7.07. The van der Waals surface area contributed by atoms with E-state index in [-0.39, 0.29) is 10.3 Å². The molecule has 0 saturated heterocycles. The van der Waals surface area contributed by atoms with Crippen LogP contribution in [0.3, 0.4) is 0 Å². The van der Waals surface area contributed by atoms with Gasteiger partial charge in [0.15, 0.2) is 0 Å². The molecule has 0 amide bonds. The van der Waals surface area contributed by atoms with Gasteiger partial charge in [-0.05, 0) is 46.6 Å². The van der Waals surface area contributed by atoms with Crippen LogP contribution in [-0.4, -0.2) is 14.5 Å². The SMILES string of the molecule is C/C=C/[C@@]1(CCCC)C=C(CCC)[S@@](=O)(C(C)(C)C)=N1. The van der Waals surface area contributed by atoms with Crippen molar-refractivity contribution in [2.24, 2.45) is 4.36 Å². The van der Waals surface area contributed by atoms with Crippen LogP contribution in [0.2, 0.25) is 0 Å². The van der Waals surface area contributed by atoms with Crippen molar-refractivity contribution < 1.29 is 4.21 Å². The predicted octanol–water partition coefficient (Wildman–Crippen LogP) is 5.46. The molecule has 0 saturated carbocycles. The lowest BCUT2D eigenvalue weighted by Gasteiger charge is -2.25. The third kappa shape index (κ3) is 3.36. The number of rotatable bonds is 6. The molecule has 1 aliphatic rings. The van der Waals surface area contributed by atoms with E-state index in [9.17, 15) is 4.21 Å². The lowest BCUT2D eigenvalue weighted by Crippen LogP contribution is -2.28. The number of allylic oxidation sites excluding steroid dienone is 2. The fourth-order valence-electron chi connectivity index (χ4n) is 2.70. The Kier molecular flexibility index (Phi) is 5.65. The zero-order chi connectivity index (χ0) is 15.4. The largest absolute Gasteiger partial charge is 0.244 e. The van der Waals surface area contributed by atoms with Gasteiger partial charge in [-0.1, -0.05) is 45.3 Å². The summed E-state index contributed by atoms with van der Waals surface area (Å²) >= 11 is 0. The van der Waals surface area contributed by atoms with Gasteiger partial charge in [-0.3, -0.25) is 0 Å². The van der Waals surface area contributed by atoms with Crippen molar-refractivity contribution >= 4 is 9.73 Å². The number of nitrogens with zero attached hydrogens (tertiary/aromatic N) is 1. The van der Waals surface area contributed by atoms with Crippen LogP contribution in [0.25, 0.3) is 0 Å². The molecule has 1 heterocycles. The van der Waals surface area contributed by atoms with E-state index in [0.29, 0.717) is 0 Å². The molecule has 1 aliphatic heterocycles. The molecule has 0 N–H and O–H groups in total. The first-order chi connectivity index (χ1) is 9.24. The van der Waals surface area contributed by atoms with E-state index in [2.05, 4.69) is 26.0 Å². The summed E-state index contributed by atoms with van der Waals surface area (Å²) < 4.78 is 18.1. The summed E-state index contributed by atoms with van der Waals surface area (Å²) in [5.74, 6) is 0. The molecule has 2 atom stereocenters. The summed E-state index contributed by atoms with van der Waals surface area (Å²) in [6.07, 6.45) is 11.5. The second kappa shape index (κ2) is 6.46. The van der Waals surface area contributed by atoms with Crippen LogP contribution in [-0.2, 0) is 9.73 Å². The van der Waals surface area contributed by atoms with Gasteiger partial charge >= 0.3 is 0 Å². The summed E-state index contributed by atoms with van der Waals surface area (Å²) in [4.78, 5) is 1.07. The molecule has 0 aliphatic carbocycles. The molecule has 3 heteroatoms. The van der Waals surface area contributed by atoms with Gasteiger partial charge in [0.2, 0.25) is 0 Å². The van der Waals surface area contributed by atoms with Gasteiger partial charge in [-0.2, -0.15) is 0 Å². The molecule has 0 spiro atoms. The van der Waals surface area contributed by atoms with E-state index in [1.54, 1.807) is 0 Å². The molecule has 0 radical (unpaired) electrons. The second-order valence-electron chi connectivity index (χ2n) is 6.68. The maximum absolute atomic E-state index is 13.5. The zero-order valence-electron chi connectivity index (χ0n) is 14.0. The van der Waals surface area contributed by atoms with Crippen LogP contribution >= 0.6 is 0 Å². The third-order valence-electron chi connectivity index (χ3n) is 3.78. The topological polar surface area (TPSA) is 29.4 Å².